The zero-order valence-corrected chi connectivity index (χ0v) is 13.7. The largest absolute Gasteiger partial charge is 0.452 e. The molecule has 0 aromatic heterocycles. The number of amides is 1. The van der Waals surface area contributed by atoms with Gasteiger partial charge in [0.1, 0.15) is 5.82 Å². The van der Waals surface area contributed by atoms with Crippen LogP contribution in [0.3, 0.4) is 0 Å². The van der Waals surface area contributed by atoms with Gasteiger partial charge in [0.25, 0.3) is 5.91 Å². The van der Waals surface area contributed by atoms with Gasteiger partial charge in [-0.1, -0.05) is 11.6 Å². The van der Waals surface area contributed by atoms with E-state index in [-0.39, 0.29) is 10.7 Å². The van der Waals surface area contributed by atoms with Crippen LogP contribution in [0.4, 0.5) is 10.1 Å². The molecule has 0 aliphatic carbocycles. The predicted octanol–water partition coefficient (Wildman–Crippen LogP) is 4.00. The maximum absolute atomic E-state index is 12.9. The van der Waals surface area contributed by atoms with Crippen molar-refractivity contribution in [2.75, 3.05) is 18.2 Å². The summed E-state index contributed by atoms with van der Waals surface area (Å²) in [6.07, 6.45) is 1.93. The fourth-order valence-corrected chi connectivity index (χ4v) is 2.34. The molecule has 0 spiro atoms. The molecule has 2 rings (SSSR count). The molecule has 0 fully saturated rings. The summed E-state index contributed by atoms with van der Waals surface area (Å²) >= 11 is 7.35. The molecule has 0 unspecified atom stereocenters. The number of carbonyl (C=O) groups is 2. The van der Waals surface area contributed by atoms with E-state index in [1.54, 1.807) is 36.0 Å². The minimum absolute atomic E-state index is 0.0670. The topological polar surface area (TPSA) is 55.4 Å². The maximum Gasteiger partial charge on any atom is 0.338 e. The van der Waals surface area contributed by atoms with Gasteiger partial charge in [-0.2, -0.15) is 0 Å². The Kier molecular flexibility index (Phi) is 6.01. The molecule has 120 valence electrons. The van der Waals surface area contributed by atoms with Crippen LogP contribution in [0.1, 0.15) is 10.4 Å². The lowest BCUT2D eigenvalue weighted by Crippen LogP contribution is -2.21. The normalized spacial score (nSPS) is 10.2. The predicted molar refractivity (Wildman–Crippen MR) is 88.5 cm³/mol. The van der Waals surface area contributed by atoms with Gasteiger partial charge < -0.3 is 10.1 Å². The molecule has 0 radical (unpaired) electrons. The van der Waals surface area contributed by atoms with Crippen molar-refractivity contribution in [1.82, 2.24) is 0 Å². The van der Waals surface area contributed by atoms with Crippen LogP contribution in [0.15, 0.2) is 47.4 Å². The third-order valence-corrected chi connectivity index (χ3v) is 3.92. The fraction of sp³-hybridized carbons (Fsp3) is 0.125. The van der Waals surface area contributed by atoms with Crippen molar-refractivity contribution < 1.29 is 18.7 Å². The van der Waals surface area contributed by atoms with Gasteiger partial charge in [0.15, 0.2) is 6.61 Å². The van der Waals surface area contributed by atoms with Crippen molar-refractivity contribution in [3.8, 4) is 0 Å². The van der Waals surface area contributed by atoms with Gasteiger partial charge in [-0.05, 0) is 48.7 Å². The van der Waals surface area contributed by atoms with Crippen molar-refractivity contribution in [1.29, 1.82) is 0 Å². The van der Waals surface area contributed by atoms with E-state index in [2.05, 4.69) is 5.32 Å². The number of carbonyl (C=O) groups excluding carboxylic acids is 2. The average Bonchev–Trinajstić information content (AvgIpc) is 2.55. The van der Waals surface area contributed by atoms with Gasteiger partial charge in [0.05, 0.1) is 16.3 Å². The second-order valence-corrected chi connectivity index (χ2v) is 5.76. The number of halogens is 2. The summed E-state index contributed by atoms with van der Waals surface area (Å²) in [4.78, 5) is 24.6. The smallest absolute Gasteiger partial charge is 0.338 e. The van der Waals surface area contributed by atoms with E-state index in [1.807, 2.05) is 6.26 Å². The van der Waals surface area contributed by atoms with Gasteiger partial charge in [-0.15, -0.1) is 11.8 Å². The number of ether oxygens (including phenoxy) is 1. The van der Waals surface area contributed by atoms with Crippen LogP contribution in [0, 0.1) is 5.82 Å². The third-order valence-electron chi connectivity index (χ3n) is 2.87. The van der Waals surface area contributed by atoms with Crippen LogP contribution >= 0.6 is 23.4 Å². The van der Waals surface area contributed by atoms with Crippen LogP contribution in [0.25, 0.3) is 0 Å². The summed E-state index contributed by atoms with van der Waals surface area (Å²) in [6, 6.07) is 10.4. The monoisotopic (exact) mass is 353 g/mol. The van der Waals surface area contributed by atoms with Crippen LogP contribution < -0.4 is 5.32 Å². The molecule has 0 heterocycles. The zero-order chi connectivity index (χ0) is 16.8. The third kappa shape index (κ3) is 4.97. The summed E-state index contributed by atoms with van der Waals surface area (Å²) < 4.78 is 17.8. The summed E-state index contributed by atoms with van der Waals surface area (Å²) in [5, 5.41) is 2.51. The molecule has 0 saturated carbocycles. The Morgan fingerprint density at radius 3 is 2.52 bits per heavy atom. The van der Waals surface area contributed by atoms with E-state index in [1.165, 1.54) is 12.1 Å². The Labute approximate surface area is 142 Å². The summed E-state index contributed by atoms with van der Waals surface area (Å²) in [5.74, 6) is -1.67. The lowest BCUT2D eigenvalue weighted by atomic mass is 10.2. The quantitative estimate of drug-likeness (QED) is 0.652. The molecule has 0 bridgehead atoms. The Bertz CT molecular complexity index is 722. The highest BCUT2D eigenvalue weighted by Gasteiger charge is 2.11. The lowest BCUT2D eigenvalue weighted by molar-refractivity contribution is -0.119. The first-order valence-electron chi connectivity index (χ1n) is 6.55. The molecule has 0 aliphatic heterocycles. The van der Waals surface area contributed by atoms with Crippen molar-refractivity contribution >= 4 is 40.9 Å². The molecule has 4 nitrogen and oxygen atoms in total. The number of rotatable bonds is 5. The first-order valence-corrected chi connectivity index (χ1v) is 8.16. The van der Waals surface area contributed by atoms with Crippen molar-refractivity contribution in [2.24, 2.45) is 0 Å². The molecule has 2 aromatic carbocycles. The molecule has 0 atom stereocenters. The van der Waals surface area contributed by atoms with Crippen LogP contribution in [0.2, 0.25) is 5.02 Å². The number of hydrogen-bond donors (Lipinski definition) is 1. The second-order valence-electron chi connectivity index (χ2n) is 4.48. The van der Waals surface area contributed by atoms with E-state index >= 15 is 0 Å². The van der Waals surface area contributed by atoms with Crippen LogP contribution in [-0.4, -0.2) is 24.7 Å². The number of anilines is 1. The van der Waals surface area contributed by atoms with Gasteiger partial charge in [0, 0.05) is 4.90 Å². The minimum atomic E-state index is -0.599. The van der Waals surface area contributed by atoms with E-state index in [9.17, 15) is 14.0 Å². The molecule has 1 N–H and O–H groups in total. The van der Waals surface area contributed by atoms with E-state index in [4.69, 9.17) is 16.3 Å². The molecular formula is C16H13ClFNO3S. The molecule has 7 heteroatoms. The lowest BCUT2D eigenvalue weighted by Gasteiger charge is -2.08. The number of hydrogen-bond acceptors (Lipinski definition) is 4. The van der Waals surface area contributed by atoms with Crippen molar-refractivity contribution in [3.05, 3.63) is 58.9 Å². The fourth-order valence-electron chi connectivity index (χ4n) is 1.72. The molecular weight excluding hydrogens is 341 g/mol. The minimum Gasteiger partial charge on any atom is -0.452 e. The standard InChI is InChI=1S/C16H13ClFNO3S/c1-23-12-5-2-10(3-6-12)16(21)22-9-15(20)19-14-7-4-11(18)8-13(14)17/h2-8H,9H2,1H3,(H,19,20). The van der Waals surface area contributed by atoms with Gasteiger partial charge in [0.2, 0.25) is 0 Å². The van der Waals surface area contributed by atoms with Crippen LogP contribution in [0.5, 0.6) is 0 Å². The van der Waals surface area contributed by atoms with Gasteiger partial charge in [-0.3, -0.25) is 4.79 Å². The zero-order valence-electron chi connectivity index (χ0n) is 12.1. The SMILES string of the molecule is CSc1ccc(C(=O)OCC(=O)Nc2ccc(F)cc2Cl)cc1. The van der Waals surface area contributed by atoms with E-state index in [0.717, 1.165) is 11.0 Å². The Morgan fingerprint density at radius 2 is 1.91 bits per heavy atom. The highest BCUT2D eigenvalue weighted by Crippen LogP contribution is 2.22. The first kappa shape index (κ1) is 17.3. The molecule has 1 amide bonds. The molecule has 23 heavy (non-hydrogen) atoms. The Hall–Kier alpha value is -2.05. The van der Waals surface area contributed by atoms with Crippen LogP contribution in [-0.2, 0) is 9.53 Å². The maximum atomic E-state index is 12.9. The number of benzene rings is 2. The highest BCUT2D eigenvalue weighted by atomic mass is 35.5. The van der Waals surface area contributed by atoms with E-state index in [0.29, 0.717) is 5.56 Å². The Morgan fingerprint density at radius 1 is 1.22 bits per heavy atom. The van der Waals surface area contributed by atoms with Crippen molar-refractivity contribution in [3.63, 3.8) is 0 Å². The molecule has 0 saturated heterocycles. The summed E-state index contributed by atoms with van der Waals surface area (Å²) in [5.41, 5.74) is 0.605. The Balaban J connectivity index is 1.89. The number of thioether (sulfide) groups is 1. The average molecular weight is 354 g/mol. The molecule has 2 aromatic rings. The first-order chi connectivity index (χ1) is 11.0. The molecule has 0 aliphatic rings. The second kappa shape index (κ2) is 7.99. The van der Waals surface area contributed by atoms with Crippen molar-refractivity contribution in [2.45, 2.75) is 4.90 Å². The summed E-state index contributed by atoms with van der Waals surface area (Å²) in [7, 11) is 0. The summed E-state index contributed by atoms with van der Waals surface area (Å²) in [6.45, 7) is -0.461. The number of nitrogens with one attached hydrogen (secondary N) is 1. The van der Waals surface area contributed by atoms with Gasteiger partial charge >= 0.3 is 5.97 Å². The van der Waals surface area contributed by atoms with Gasteiger partial charge in [-0.25, -0.2) is 9.18 Å². The van der Waals surface area contributed by atoms with E-state index < -0.39 is 24.3 Å². The number of esters is 1. The highest BCUT2D eigenvalue weighted by molar-refractivity contribution is 7.98.